The van der Waals surface area contributed by atoms with Gasteiger partial charge in [0.2, 0.25) is 0 Å². The van der Waals surface area contributed by atoms with E-state index < -0.39 is 31.7 Å². The predicted molar refractivity (Wildman–Crippen MR) is 104 cm³/mol. The van der Waals surface area contributed by atoms with Crippen LogP contribution in [0.2, 0.25) is 0 Å². The molecule has 0 radical (unpaired) electrons. The number of halogens is 2. The van der Waals surface area contributed by atoms with Crippen LogP contribution in [0.4, 0.5) is 11.4 Å². The summed E-state index contributed by atoms with van der Waals surface area (Å²) in [5.74, 6) is -0.802. The summed E-state index contributed by atoms with van der Waals surface area (Å²) < 4.78 is 64.7. The molecule has 1 aromatic heterocycles. The number of nitrogens with one attached hydrogen (secondary N) is 2. The van der Waals surface area contributed by atoms with E-state index in [0.29, 0.717) is 46.4 Å². The van der Waals surface area contributed by atoms with Crippen LogP contribution < -0.4 is 69.7 Å². The smallest absolute Gasteiger partial charge is 0.748 e. The zero-order valence-electron chi connectivity index (χ0n) is 15.7. The van der Waals surface area contributed by atoms with Crippen LogP contribution in [0.1, 0.15) is 25.7 Å². The van der Waals surface area contributed by atoms with Crippen molar-refractivity contribution in [2.45, 2.75) is 25.7 Å². The number of aromatic nitrogens is 1. The molecule has 28 heavy (non-hydrogen) atoms. The summed E-state index contributed by atoms with van der Waals surface area (Å²) in [6, 6.07) is 0. The van der Waals surface area contributed by atoms with Crippen molar-refractivity contribution in [3.63, 3.8) is 0 Å². The third-order valence-corrected chi connectivity index (χ3v) is 6.01. The first kappa shape index (κ1) is 31.7. The summed E-state index contributed by atoms with van der Waals surface area (Å²) in [6.45, 7) is 0.892. The Labute approximate surface area is 226 Å². The second-order valence-corrected chi connectivity index (χ2v) is 10.1. The minimum absolute atomic E-state index is 0. The second kappa shape index (κ2) is 15.4. The summed E-state index contributed by atoms with van der Waals surface area (Å²) in [7, 11) is -8.41. The SMILES string of the molecule is O=S(=O)([O-])CCCCNc1c(Br)cnc(Br)c1NCCCCS(=O)(=O)[O-].[Na+].[Na+]. The fourth-order valence-corrected chi connectivity index (χ4v) is 4.03. The number of unbranched alkanes of at least 4 members (excludes halogenated alkanes) is 2. The molecule has 1 rings (SSSR count). The van der Waals surface area contributed by atoms with E-state index in [1.807, 2.05) is 0 Å². The Bertz CT molecular complexity index is 746. The Kier molecular flexibility index (Phi) is 17.4. The number of hydrogen-bond donors (Lipinski definition) is 2. The van der Waals surface area contributed by atoms with Gasteiger partial charge >= 0.3 is 59.1 Å². The number of pyridine rings is 1. The third-order valence-electron chi connectivity index (χ3n) is 3.23. The number of nitrogens with zero attached hydrogens (tertiary/aromatic N) is 1. The van der Waals surface area contributed by atoms with E-state index in [2.05, 4.69) is 47.5 Å². The van der Waals surface area contributed by atoms with Gasteiger partial charge < -0.3 is 19.7 Å². The Balaban J connectivity index is 0. The fourth-order valence-electron chi connectivity index (χ4n) is 2.03. The van der Waals surface area contributed by atoms with Gasteiger partial charge in [0.25, 0.3) is 0 Å². The van der Waals surface area contributed by atoms with Crippen LogP contribution in [0.15, 0.2) is 15.3 Å². The van der Waals surface area contributed by atoms with Gasteiger partial charge in [0.05, 0.1) is 36.1 Å². The molecule has 0 amide bonds. The van der Waals surface area contributed by atoms with Crippen molar-refractivity contribution >= 4 is 63.5 Å². The molecule has 0 fully saturated rings. The van der Waals surface area contributed by atoms with E-state index in [4.69, 9.17) is 0 Å². The van der Waals surface area contributed by atoms with Gasteiger partial charge in [-0.2, -0.15) is 0 Å². The molecule has 0 saturated carbocycles. The quantitative estimate of drug-likeness (QED) is 0.109. The van der Waals surface area contributed by atoms with Gasteiger partial charge in [0.15, 0.2) is 0 Å². The van der Waals surface area contributed by atoms with Crippen molar-refractivity contribution in [1.82, 2.24) is 4.98 Å². The van der Waals surface area contributed by atoms with Gasteiger partial charge in [-0.3, -0.25) is 0 Å². The largest absolute Gasteiger partial charge is 1.00 e. The maximum atomic E-state index is 10.6. The van der Waals surface area contributed by atoms with Gasteiger partial charge in [-0.1, -0.05) is 0 Å². The Morgan fingerprint density at radius 3 is 1.68 bits per heavy atom. The van der Waals surface area contributed by atoms with Crippen LogP contribution in [-0.2, 0) is 20.2 Å². The number of anilines is 2. The monoisotopic (exact) mass is 581 g/mol. The van der Waals surface area contributed by atoms with Crippen molar-refractivity contribution in [3.05, 3.63) is 15.3 Å². The molecule has 2 N–H and O–H groups in total. The van der Waals surface area contributed by atoms with Crippen LogP contribution in [0.3, 0.4) is 0 Å². The molecule has 0 aliphatic heterocycles. The van der Waals surface area contributed by atoms with Crippen molar-refractivity contribution < 1.29 is 85.1 Å². The molecule has 9 nitrogen and oxygen atoms in total. The summed E-state index contributed by atoms with van der Waals surface area (Å²) >= 11 is 6.71. The zero-order chi connectivity index (χ0) is 19.8. The topological polar surface area (TPSA) is 151 Å². The molecule has 0 saturated heterocycles. The van der Waals surface area contributed by atoms with Crippen molar-refractivity contribution in [3.8, 4) is 0 Å². The molecule has 1 heterocycles. The Hall–Kier alpha value is 1.53. The standard InChI is InChI=1S/C13H21Br2N3O6S2.2Na/c14-10-9-18-13(15)12(17-6-2-4-8-26(22,23)24)11(10)16-5-1-3-7-25(19,20)21;;/h9,17H,1-8H2,(H,16,18)(H,19,20,21)(H,22,23,24);;/q;2*+1/p-2. The van der Waals surface area contributed by atoms with E-state index in [1.165, 1.54) is 0 Å². The molecule has 15 heteroatoms. The van der Waals surface area contributed by atoms with Gasteiger partial charge in [-0.25, -0.2) is 21.8 Å². The average Bonchev–Trinajstić information content (AvgIpc) is 2.49. The fraction of sp³-hybridized carbons (Fsp3) is 0.615. The summed E-state index contributed by atoms with van der Waals surface area (Å²) in [5, 5.41) is 6.28. The molecular weight excluding hydrogens is 564 g/mol. The van der Waals surface area contributed by atoms with E-state index >= 15 is 0 Å². The minimum atomic E-state index is -4.20. The minimum Gasteiger partial charge on any atom is -0.748 e. The average molecular weight is 583 g/mol. The molecule has 0 aliphatic carbocycles. The normalized spacial score (nSPS) is 11.3. The van der Waals surface area contributed by atoms with E-state index in [-0.39, 0.29) is 72.0 Å². The molecule has 0 bridgehead atoms. The van der Waals surface area contributed by atoms with Crippen LogP contribution in [0, 0.1) is 0 Å². The molecule has 0 aromatic carbocycles. The second-order valence-electron chi connectivity index (χ2n) is 5.44. The summed E-state index contributed by atoms with van der Waals surface area (Å²) in [5.41, 5.74) is 1.36. The summed E-state index contributed by atoms with van der Waals surface area (Å²) in [4.78, 5) is 4.15. The first-order valence-electron chi connectivity index (χ1n) is 7.68. The maximum absolute atomic E-state index is 10.6. The van der Waals surface area contributed by atoms with Crippen LogP contribution in [0.25, 0.3) is 0 Å². The molecule has 0 unspecified atom stereocenters. The Morgan fingerprint density at radius 2 is 1.25 bits per heavy atom. The van der Waals surface area contributed by atoms with E-state index in [0.717, 1.165) is 0 Å². The molecule has 1 aromatic rings. The van der Waals surface area contributed by atoms with E-state index in [1.54, 1.807) is 6.20 Å². The Morgan fingerprint density at radius 1 is 0.821 bits per heavy atom. The first-order chi connectivity index (χ1) is 12.0. The van der Waals surface area contributed by atoms with E-state index in [9.17, 15) is 25.9 Å². The maximum Gasteiger partial charge on any atom is 1.00 e. The van der Waals surface area contributed by atoms with Crippen molar-refractivity contribution in [2.24, 2.45) is 0 Å². The van der Waals surface area contributed by atoms with Gasteiger partial charge in [0, 0.05) is 30.8 Å². The van der Waals surface area contributed by atoms with Crippen molar-refractivity contribution in [2.75, 3.05) is 35.2 Å². The van der Waals surface area contributed by atoms with Gasteiger partial charge in [-0.15, -0.1) is 0 Å². The first-order valence-corrected chi connectivity index (χ1v) is 12.4. The molecule has 0 spiro atoms. The molecule has 0 aliphatic rings. The van der Waals surface area contributed by atoms with Crippen LogP contribution in [0.5, 0.6) is 0 Å². The third kappa shape index (κ3) is 14.5. The molecule has 0 atom stereocenters. The molecular formula is C13H19Br2N3Na2O6S2. The number of hydrogen-bond acceptors (Lipinski definition) is 9. The van der Waals surface area contributed by atoms with Crippen LogP contribution in [-0.4, -0.2) is 55.5 Å². The summed E-state index contributed by atoms with van der Waals surface area (Å²) in [6.07, 6.45) is 3.08. The predicted octanol–water partition coefficient (Wildman–Crippen LogP) is -3.91. The molecule has 150 valence electrons. The van der Waals surface area contributed by atoms with Crippen molar-refractivity contribution in [1.29, 1.82) is 0 Å². The van der Waals surface area contributed by atoms with Crippen LogP contribution >= 0.6 is 31.9 Å². The zero-order valence-corrected chi connectivity index (χ0v) is 24.5. The number of rotatable bonds is 12. The van der Waals surface area contributed by atoms with Gasteiger partial charge in [-0.05, 0) is 57.5 Å². The van der Waals surface area contributed by atoms with Gasteiger partial charge in [0.1, 0.15) is 4.60 Å².